The number of fused-ring (bicyclic) bond motifs is 1. The number of halogens is 1. The van der Waals surface area contributed by atoms with Gasteiger partial charge in [-0.1, -0.05) is 41.0 Å². The lowest BCUT2D eigenvalue weighted by Gasteiger charge is -2.07. The highest BCUT2D eigenvalue weighted by Gasteiger charge is 2.12. The van der Waals surface area contributed by atoms with Crippen LogP contribution in [0.4, 0.5) is 0 Å². The molecule has 0 fully saturated rings. The second-order valence-corrected chi connectivity index (χ2v) is 4.71. The zero-order valence-electron chi connectivity index (χ0n) is 10.9. The molecule has 2 heterocycles. The van der Waals surface area contributed by atoms with Crippen LogP contribution in [0.1, 0.15) is 16.2 Å². The molecule has 6 nitrogen and oxygen atoms in total. The van der Waals surface area contributed by atoms with Crippen LogP contribution in [0.15, 0.2) is 41.3 Å². The van der Waals surface area contributed by atoms with E-state index in [1.807, 2.05) is 24.3 Å². The van der Waals surface area contributed by atoms with Crippen molar-refractivity contribution >= 4 is 28.3 Å². The van der Waals surface area contributed by atoms with Crippen LogP contribution in [0, 0.1) is 0 Å². The van der Waals surface area contributed by atoms with E-state index in [1.165, 1.54) is 12.5 Å². The van der Waals surface area contributed by atoms with Gasteiger partial charge >= 0.3 is 0 Å². The number of nitrogens with zero attached hydrogens (tertiary/aromatic N) is 3. The summed E-state index contributed by atoms with van der Waals surface area (Å²) in [4.78, 5) is 20.2. The van der Waals surface area contributed by atoms with Gasteiger partial charge in [-0.25, -0.2) is 4.98 Å². The first kappa shape index (κ1) is 13.5. The van der Waals surface area contributed by atoms with Crippen LogP contribution in [0.5, 0.6) is 0 Å². The molecule has 0 saturated heterocycles. The molecule has 3 rings (SSSR count). The Morgan fingerprint density at radius 1 is 1.24 bits per heavy atom. The fourth-order valence-electron chi connectivity index (χ4n) is 2.02. The van der Waals surface area contributed by atoms with E-state index in [0.29, 0.717) is 29.6 Å². The van der Waals surface area contributed by atoms with Crippen molar-refractivity contribution in [3.63, 3.8) is 0 Å². The SMILES string of the molecule is O=C(NCCc1ncno1)c1cnc(Cl)c2ccccc12. The fraction of sp³-hybridized carbons (Fsp3) is 0.143. The van der Waals surface area contributed by atoms with Gasteiger partial charge in [-0.2, -0.15) is 4.98 Å². The van der Waals surface area contributed by atoms with Crippen LogP contribution in [-0.4, -0.2) is 27.6 Å². The number of carbonyl (C=O) groups is 1. The summed E-state index contributed by atoms with van der Waals surface area (Å²) in [7, 11) is 0. The van der Waals surface area contributed by atoms with E-state index in [0.717, 1.165) is 10.8 Å². The molecule has 0 saturated carbocycles. The first-order chi connectivity index (χ1) is 10.3. The summed E-state index contributed by atoms with van der Waals surface area (Å²) in [6.07, 6.45) is 3.28. The summed E-state index contributed by atoms with van der Waals surface area (Å²) in [5, 5.41) is 8.21. The minimum atomic E-state index is -0.213. The predicted octanol–water partition coefficient (Wildman–Crippen LogP) is 2.24. The molecule has 1 aromatic carbocycles. The van der Waals surface area contributed by atoms with Gasteiger partial charge in [-0.05, 0) is 5.39 Å². The molecule has 0 spiro atoms. The van der Waals surface area contributed by atoms with Gasteiger partial charge in [0.25, 0.3) is 5.91 Å². The second-order valence-electron chi connectivity index (χ2n) is 4.35. The molecule has 21 heavy (non-hydrogen) atoms. The van der Waals surface area contributed by atoms with Crippen molar-refractivity contribution in [3.8, 4) is 0 Å². The zero-order valence-corrected chi connectivity index (χ0v) is 11.7. The number of hydrogen-bond acceptors (Lipinski definition) is 5. The quantitative estimate of drug-likeness (QED) is 0.748. The van der Waals surface area contributed by atoms with E-state index in [2.05, 4.69) is 20.4 Å². The van der Waals surface area contributed by atoms with Gasteiger partial charge in [0.15, 0.2) is 6.33 Å². The normalized spacial score (nSPS) is 10.7. The maximum absolute atomic E-state index is 12.2. The molecule has 3 aromatic rings. The Labute approximate surface area is 125 Å². The molecule has 0 aliphatic rings. The van der Waals surface area contributed by atoms with Crippen LogP contribution in [0.3, 0.4) is 0 Å². The van der Waals surface area contributed by atoms with Crippen molar-refractivity contribution in [2.75, 3.05) is 6.54 Å². The van der Waals surface area contributed by atoms with E-state index < -0.39 is 0 Å². The summed E-state index contributed by atoms with van der Waals surface area (Å²) in [5.74, 6) is 0.268. The summed E-state index contributed by atoms with van der Waals surface area (Å²) < 4.78 is 4.86. The summed E-state index contributed by atoms with van der Waals surface area (Å²) in [5.41, 5.74) is 0.487. The van der Waals surface area contributed by atoms with Gasteiger partial charge in [0, 0.05) is 24.5 Å². The van der Waals surface area contributed by atoms with E-state index >= 15 is 0 Å². The van der Waals surface area contributed by atoms with Crippen LogP contribution in [-0.2, 0) is 6.42 Å². The van der Waals surface area contributed by atoms with Gasteiger partial charge in [-0.3, -0.25) is 4.79 Å². The van der Waals surface area contributed by atoms with Gasteiger partial charge in [0.1, 0.15) is 5.15 Å². The smallest absolute Gasteiger partial charge is 0.253 e. The predicted molar refractivity (Wildman–Crippen MR) is 77.1 cm³/mol. The first-order valence-corrected chi connectivity index (χ1v) is 6.70. The molecule has 1 N–H and O–H groups in total. The molecule has 0 aliphatic carbocycles. The third-order valence-corrected chi connectivity index (χ3v) is 3.32. The Bertz CT molecular complexity index is 774. The monoisotopic (exact) mass is 302 g/mol. The highest BCUT2D eigenvalue weighted by Crippen LogP contribution is 2.23. The number of aromatic nitrogens is 3. The molecule has 0 radical (unpaired) electrons. The number of benzene rings is 1. The Morgan fingerprint density at radius 2 is 2.05 bits per heavy atom. The first-order valence-electron chi connectivity index (χ1n) is 6.32. The van der Waals surface area contributed by atoms with Crippen molar-refractivity contribution in [2.45, 2.75) is 6.42 Å². The number of rotatable bonds is 4. The Hall–Kier alpha value is -2.47. The van der Waals surface area contributed by atoms with Crippen LogP contribution in [0.2, 0.25) is 5.15 Å². The standard InChI is InChI=1S/C14H11ClN4O2/c15-13-10-4-2-1-3-9(10)11(7-17-13)14(20)16-6-5-12-18-8-19-21-12/h1-4,7-8H,5-6H2,(H,16,20). The lowest BCUT2D eigenvalue weighted by Crippen LogP contribution is -2.26. The number of nitrogens with one attached hydrogen (secondary N) is 1. The fourth-order valence-corrected chi connectivity index (χ4v) is 2.24. The molecular formula is C14H11ClN4O2. The van der Waals surface area contributed by atoms with Crippen molar-refractivity contribution in [1.29, 1.82) is 0 Å². The average Bonchev–Trinajstić information content (AvgIpc) is 3.01. The highest BCUT2D eigenvalue weighted by atomic mass is 35.5. The molecular weight excluding hydrogens is 292 g/mol. The van der Waals surface area contributed by atoms with Crippen LogP contribution >= 0.6 is 11.6 Å². The molecule has 0 aliphatic heterocycles. The van der Waals surface area contributed by atoms with E-state index in [1.54, 1.807) is 0 Å². The number of amides is 1. The number of pyridine rings is 1. The third kappa shape index (κ3) is 2.85. The molecule has 0 bridgehead atoms. The van der Waals surface area contributed by atoms with E-state index in [9.17, 15) is 4.79 Å². The number of hydrogen-bond donors (Lipinski definition) is 1. The molecule has 106 valence electrons. The summed E-state index contributed by atoms with van der Waals surface area (Å²) >= 11 is 6.04. The maximum atomic E-state index is 12.2. The largest absolute Gasteiger partial charge is 0.351 e. The van der Waals surface area contributed by atoms with Crippen LogP contribution in [0.25, 0.3) is 10.8 Å². The molecule has 0 atom stereocenters. The van der Waals surface area contributed by atoms with Gasteiger partial charge < -0.3 is 9.84 Å². The minimum absolute atomic E-state index is 0.213. The number of carbonyl (C=O) groups excluding carboxylic acids is 1. The molecule has 0 unspecified atom stereocenters. The highest BCUT2D eigenvalue weighted by molar-refractivity contribution is 6.34. The van der Waals surface area contributed by atoms with Gasteiger partial charge in [0.05, 0.1) is 5.56 Å². The Kier molecular flexibility index (Phi) is 3.79. The van der Waals surface area contributed by atoms with Crippen molar-refractivity contribution in [2.24, 2.45) is 0 Å². The van der Waals surface area contributed by atoms with Crippen molar-refractivity contribution < 1.29 is 9.32 Å². The Morgan fingerprint density at radius 3 is 2.81 bits per heavy atom. The average molecular weight is 303 g/mol. The minimum Gasteiger partial charge on any atom is -0.351 e. The van der Waals surface area contributed by atoms with E-state index in [4.69, 9.17) is 16.1 Å². The van der Waals surface area contributed by atoms with Crippen molar-refractivity contribution in [3.05, 3.63) is 53.4 Å². The lowest BCUT2D eigenvalue weighted by molar-refractivity contribution is 0.0954. The van der Waals surface area contributed by atoms with Crippen LogP contribution < -0.4 is 5.32 Å². The molecule has 1 amide bonds. The third-order valence-electron chi connectivity index (χ3n) is 3.02. The maximum Gasteiger partial charge on any atom is 0.253 e. The lowest BCUT2D eigenvalue weighted by atomic mass is 10.1. The van der Waals surface area contributed by atoms with Gasteiger partial charge in [-0.15, -0.1) is 0 Å². The second kappa shape index (κ2) is 5.88. The topological polar surface area (TPSA) is 80.9 Å². The zero-order chi connectivity index (χ0) is 14.7. The Balaban J connectivity index is 1.77. The van der Waals surface area contributed by atoms with Gasteiger partial charge in [0.2, 0.25) is 5.89 Å². The van der Waals surface area contributed by atoms with Crippen molar-refractivity contribution in [1.82, 2.24) is 20.4 Å². The summed E-state index contributed by atoms with van der Waals surface area (Å²) in [6, 6.07) is 7.39. The van der Waals surface area contributed by atoms with E-state index in [-0.39, 0.29) is 5.91 Å². The summed E-state index contributed by atoms with van der Waals surface area (Å²) in [6.45, 7) is 0.401. The molecule has 7 heteroatoms. The molecule has 2 aromatic heterocycles.